The molecule has 0 spiro atoms. The standard InChI is InChI=1S/C14H15FN2O/c1-9-12(10(2)18)8-16-14(17-9)7-11-5-3-4-6-13(11)15/h3-6,8,10,18H,7H2,1-2H3/t10-/m0/s1. The van der Waals surface area contributed by atoms with E-state index in [0.29, 0.717) is 23.4 Å². The van der Waals surface area contributed by atoms with Gasteiger partial charge in [-0.2, -0.15) is 0 Å². The van der Waals surface area contributed by atoms with Crippen molar-refractivity contribution in [1.29, 1.82) is 0 Å². The lowest BCUT2D eigenvalue weighted by molar-refractivity contribution is 0.197. The number of aromatic nitrogens is 2. The minimum absolute atomic E-state index is 0.252. The first-order valence-corrected chi connectivity index (χ1v) is 5.82. The molecule has 0 saturated heterocycles. The lowest BCUT2D eigenvalue weighted by atomic mass is 10.1. The third-order valence-electron chi connectivity index (χ3n) is 2.82. The molecule has 1 heterocycles. The lowest BCUT2D eigenvalue weighted by Crippen LogP contribution is -2.05. The second-order valence-electron chi connectivity index (χ2n) is 4.27. The number of aryl methyl sites for hydroxylation is 1. The molecule has 94 valence electrons. The van der Waals surface area contributed by atoms with E-state index in [1.165, 1.54) is 6.07 Å². The van der Waals surface area contributed by atoms with Crippen molar-refractivity contribution in [3.05, 3.63) is 58.9 Å². The van der Waals surface area contributed by atoms with Crippen LogP contribution in [0.15, 0.2) is 30.5 Å². The van der Waals surface area contributed by atoms with Gasteiger partial charge in [-0.15, -0.1) is 0 Å². The van der Waals surface area contributed by atoms with Gasteiger partial charge in [0.25, 0.3) is 0 Å². The van der Waals surface area contributed by atoms with Crippen LogP contribution in [0.4, 0.5) is 4.39 Å². The van der Waals surface area contributed by atoms with E-state index in [1.807, 2.05) is 6.92 Å². The number of aliphatic hydroxyl groups excluding tert-OH is 1. The van der Waals surface area contributed by atoms with Gasteiger partial charge in [0.05, 0.1) is 6.10 Å². The average Bonchev–Trinajstić information content (AvgIpc) is 2.32. The SMILES string of the molecule is Cc1nc(Cc2ccccc2F)ncc1[C@H](C)O. The molecule has 0 aliphatic heterocycles. The van der Waals surface area contributed by atoms with Crippen molar-refractivity contribution in [3.8, 4) is 0 Å². The van der Waals surface area contributed by atoms with E-state index in [1.54, 1.807) is 31.3 Å². The van der Waals surface area contributed by atoms with Gasteiger partial charge in [0.15, 0.2) is 0 Å². The summed E-state index contributed by atoms with van der Waals surface area (Å²) in [6.07, 6.45) is 1.36. The van der Waals surface area contributed by atoms with Crippen LogP contribution < -0.4 is 0 Å². The van der Waals surface area contributed by atoms with Gasteiger partial charge in [-0.1, -0.05) is 18.2 Å². The van der Waals surface area contributed by atoms with Gasteiger partial charge >= 0.3 is 0 Å². The fourth-order valence-corrected chi connectivity index (χ4v) is 1.83. The number of benzene rings is 1. The molecule has 0 fully saturated rings. The minimum Gasteiger partial charge on any atom is -0.389 e. The zero-order chi connectivity index (χ0) is 13.1. The molecule has 4 heteroatoms. The van der Waals surface area contributed by atoms with Gasteiger partial charge in [0, 0.05) is 23.9 Å². The van der Waals surface area contributed by atoms with Crippen molar-refractivity contribution in [1.82, 2.24) is 9.97 Å². The monoisotopic (exact) mass is 246 g/mol. The molecule has 1 aromatic heterocycles. The Kier molecular flexibility index (Phi) is 3.67. The Hall–Kier alpha value is -1.81. The number of rotatable bonds is 3. The second-order valence-corrected chi connectivity index (χ2v) is 4.27. The molecule has 0 aliphatic carbocycles. The van der Waals surface area contributed by atoms with Crippen LogP contribution in [0.1, 0.15) is 35.7 Å². The quantitative estimate of drug-likeness (QED) is 0.905. The molecule has 3 nitrogen and oxygen atoms in total. The summed E-state index contributed by atoms with van der Waals surface area (Å²) < 4.78 is 13.5. The summed E-state index contributed by atoms with van der Waals surface area (Å²) in [5, 5.41) is 9.49. The third-order valence-corrected chi connectivity index (χ3v) is 2.82. The Morgan fingerprint density at radius 3 is 2.67 bits per heavy atom. The van der Waals surface area contributed by atoms with Gasteiger partial charge in [-0.05, 0) is 25.5 Å². The molecule has 0 radical (unpaired) electrons. The Morgan fingerprint density at radius 1 is 1.33 bits per heavy atom. The summed E-state index contributed by atoms with van der Waals surface area (Å²) in [5.41, 5.74) is 2.00. The molecular formula is C14H15FN2O. The van der Waals surface area contributed by atoms with Crippen LogP contribution in [0.5, 0.6) is 0 Å². The van der Waals surface area contributed by atoms with Gasteiger partial charge in [0.2, 0.25) is 0 Å². The van der Waals surface area contributed by atoms with Gasteiger partial charge in [-0.3, -0.25) is 0 Å². The fourth-order valence-electron chi connectivity index (χ4n) is 1.83. The molecule has 1 N–H and O–H groups in total. The molecule has 0 saturated carbocycles. The molecule has 0 unspecified atom stereocenters. The number of halogens is 1. The summed E-state index contributed by atoms with van der Waals surface area (Å²) in [5.74, 6) is 0.306. The first kappa shape index (κ1) is 12.6. The number of aliphatic hydroxyl groups is 1. The zero-order valence-corrected chi connectivity index (χ0v) is 10.4. The van der Waals surface area contributed by atoms with Gasteiger partial charge in [-0.25, -0.2) is 14.4 Å². The molecule has 0 aliphatic rings. The van der Waals surface area contributed by atoms with Crippen LogP contribution in [-0.4, -0.2) is 15.1 Å². The second kappa shape index (κ2) is 5.23. The van der Waals surface area contributed by atoms with Crippen molar-refractivity contribution in [2.75, 3.05) is 0 Å². The van der Waals surface area contributed by atoms with Gasteiger partial charge < -0.3 is 5.11 Å². The Labute approximate surface area is 105 Å². The first-order valence-electron chi connectivity index (χ1n) is 5.82. The molecule has 2 aromatic rings. The minimum atomic E-state index is -0.590. The fraction of sp³-hybridized carbons (Fsp3) is 0.286. The molecular weight excluding hydrogens is 231 g/mol. The van der Waals surface area contributed by atoms with E-state index in [9.17, 15) is 9.50 Å². The maximum absolute atomic E-state index is 13.5. The van der Waals surface area contributed by atoms with Crippen LogP contribution in [0.3, 0.4) is 0 Å². The average molecular weight is 246 g/mol. The first-order chi connectivity index (χ1) is 8.58. The van der Waals surface area contributed by atoms with Crippen molar-refractivity contribution in [3.63, 3.8) is 0 Å². The van der Waals surface area contributed by atoms with Crippen LogP contribution >= 0.6 is 0 Å². The molecule has 0 bridgehead atoms. The van der Waals surface area contributed by atoms with E-state index >= 15 is 0 Å². The summed E-state index contributed by atoms with van der Waals surface area (Å²) >= 11 is 0. The Bertz CT molecular complexity index is 555. The van der Waals surface area contributed by atoms with E-state index in [0.717, 1.165) is 5.69 Å². The highest BCUT2D eigenvalue weighted by atomic mass is 19.1. The normalized spacial score (nSPS) is 12.4. The molecule has 1 atom stereocenters. The Balaban J connectivity index is 2.26. The van der Waals surface area contributed by atoms with E-state index < -0.39 is 6.10 Å². The molecule has 0 amide bonds. The zero-order valence-electron chi connectivity index (χ0n) is 10.4. The highest BCUT2D eigenvalue weighted by Crippen LogP contribution is 2.16. The predicted octanol–water partition coefficient (Wildman–Crippen LogP) is 2.57. The van der Waals surface area contributed by atoms with Crippen LogP contribution in [0.2, 0.25) is 0 Å². The largest absolute Gasteiger partial charge is 0.389 e. The van der Waals surface area contributed by atoms with Crippen molar-refractivity contribution in [2.45, 2.75) is 26.4 Å². The Morgan fingerprint density at radius 2 is 2.06 bits per heavy atom. The summed E-state index contributed by atoms with van der Waals surface area (Å²) in [6.45, 7) is 3.48. The van der Waals surface area contributed by atoms with Crippen molar-refractivity contribution < 1.29 is 9.50 Å². The maximum Gasteiger partial charge on any atom is 0.133 e. The van der Waals surface area contributed by atoms with E-state index in [4.69, 9.17) is 0 Å². The smallest absolute Gasteiger partial charge is 0.133 e. The van der Waals surface area contributed by atoms with Crippen molar-refractivity contribution in [2.24, 2.45) is 0 Å². The number of hydrogen-bond donors (Lipinski definition) is 1. The van der Waals surface area contributed by atoms with E-state index in [-0.39, 0.29) is 5.82 Å². The number of hydrogen-bond acceptors (Lipinski definition) is 3. The summed E-state index contributed by atoms with van der Waals surface area (Å²) in [6, 6.07) is 6.58. The molecule has 2 rings (SSSR count). The topological polar surface area (TPSA) is 46.0 Å². The molecule has 18 heavy (non-hydrogen) atoms. The van der Waals surface area contributed by atoms with Crippen LogP contribution in [0, 0.1) is 12.7 Å². The van der Waals surface area contributed by atoms with Crippen LogP contribution in [-0.2, 0) is 6.42 Å². The van der Waals surface area contributed by atoms with Crippen molar-refractivity contribution >= 4 is 0 Å². The maximum atomic E-state index is 13.5. The summed E-state index contributed by atoms with van der Waals surface area (Å²) in [7, 11) is 0. The van der Waals surface area contributed by atoms with E-state index in [2.05, 4.69) is 9.97 Å². The van der Waals surface area contributed by atoms with Gasteiger partial charge in [0.1, 0.15) is 11.6 Å². The summed E-state index contributed by atoms with van der Waals surface area (Å²) in [4.78, 5) is 8.45. The third kappa shape index (κ3) is 2.71. The molecule has 1 aromatic carbocycles. The highest BCUT2D eigenvalue weighted by Gasteiger charge is 2.09. The number of nitrogens with zero attached hydrogens (tertiary/aromatic N) is 2. The predicted molar refractivity (Wildman–Crippen MR) is 66.6 cm³/mol. The lowest BCUT2D eigenvalue weighted by Gasteiger charge is -2.09. The highest BCUT2D eigenvalue weighted by molar-refractivity contribution is 5.23. The van der Waals surface area contributed by atoms with Crippen LogP contribution in [0.25, 0.3) is 0 Å².